The Morgan fingerprint density at radius 3 is 2.11 bits per heavy atom. The highest BCUT2D eigenvalue weighted by Gasteiger charge is 2.29. The van der Waals surface area contributed by atoms with E-state index in [-0.39, 0.29) is 46.0 Å². The van der Waals surface area contributed by atoms with E-state index in [0.717, 1.165) is 6.20 Å². The molecule has 0 saturated heterocycles. The zero-order chi connectivity index (χ0) is 32.1. The van der Waals surface area contributed by atoms with E-state index in [1.807, 2.05) is 0 Å². The first-order chi connectivity index (χ1) is 21.6. The first-order valence-electron chi connectivity index (χ1n) is 13.5. The number of alkyl halides is 2. The molecule has 1 amide bonds. The number of nitrogens with zero attached hydrogens (tertiary/aromatic N) is 4. The summed E-state index contributed by atoms with van der Waals surface area (Å²) in [7, 11) is -1.35. The predicted octanol–water partition coefficient (Wildman–Crippen LogP) is 6.07. The van der Waals surface area contributed by atoms with Gasteiger partial charge in [-0.05, 0) is 59.7 Å². The minimum Gasteiger partial charge on any atom is -0.497 e. The number of aromatic nitrogens is 3. The number of carbonyl (C=O) groups excluding carboxylic acids is 1. The zero-order valence-electron chi connectivity index (χ0n) is 24.2. The standard InChI is InChI=1S/C31H28ClF2N5O5S/c1-43-23-9-5-20(6-10-23)17-38(18-21-7-11-24(44-2)12-8-21)45(41,42)29-15-22(14-27-25(29)19-39(37-27)31(33)34)36-30(40)16-28-26(32)4-3-13-35-28/h3-15,19,31H,16-18H2,1-2H3,(H,36,40). The lowest BCUT2D eigenvalue weighted by molar-refractivity contribution is -0.115. The van der Waals surface area contributed by atoms with Gasteiger partial charge in [0.15, 0.2) is 0 Å². The minimum absolute atomic E-state index is 0.0319. The molecule has 5 aromatic rings. The van der Waals surface area contributed by atoms with Crippen LogP contribution in [0.1, 0.15) is 23.4 Å². The van der Waals surface area contributed by atoms with Crippen molar-refractivity contribution in [3.8, 4) is 11.5 Å². The number of sulfonamides is 1. The summed E-state index contributed by atoms with van der Waals surface area (Å²) in [5.41, 5.74) is 1.63. The lowest BCUT2D eigenvalue weighted by Gasteiger charge is -2.23. The largest absolute Gasteiger partial charge is 0.497 e. The van der Waals surface area contributed by atoms with Crippen molar-refractivity contribution in [1.82, 2.24) is 19.1 Å². The molecule has 45 heavy (non-hydrogen) atoms. The number of hydrogen-bond donors (Lipinski definition) is 1. The molecular weight excluding hydrogens is 628 g/mol. The molecule has 1 N–H and O–H groups in total. The van der Waals surface area contributed by atoms with Gasteiger partial charge in [0.1, 0.15) is 11.5 Å². The molecule has 0 atom stereocenters. The summed E-state index contributed by atoms with van der Waals surface area (Å²) < 4.78 is 68.4. The first-order valence-corrected chi connectivity index (χ1v) is 15.4. The molecule has 0 aliphatic carbocycles. The summed E-state index contributed by atoms with van der Waals surface area (Å²) in [6.45, 7) is -3.14. The molecule has 234 valence electrons. The number of methoxy groups -OCH3 is 2. The molecule has 0 saturated carbocycles. The van der Waals surface area contributed by atoms with Crippen molar-refractivity contribution in [3.63, 3.8) is 0 Å². The summed E-state index contributed by atoms with van der Waals surface area (Å²) in [6.07, 6.45) is 2.26. The molecule has 0 unspecified atom stereocenters. The number of benzene rings is 3. The van der Waals surface area contributed by atoms with E-state index in [4.69, 9.17) is 21.1 Å². The Kier molecular flexibility index (Phi) is 9.61. The molecular formula is C31H28ClF2N5O5S. The molecule has 5 rings (SSSR count). The van der Waals surface area contributed by atoms with Crippen LogP contribution in [-0.4, -0.2) is 47.6 Å². The van der Waals surface area contributed by atoms with Crippen LogP contribution < -0.4 is 14.8 Å². The molecule has 2 aromatic heterocycles. The van der Waals surface area contributed by atoms with Gasteiger partial charge in [0.25, 0.3) is 0 Å². The number of anilines is 1. The number of halogens is 3. The monoisotopic (exact) mass is 655 g/mol. The molecule has 0 radical (unpaired) electrons. The Morgan fingerprint density at radius 2 is 1.58 bits per heavy atom. The minimum atomic E-state index is -4.40. The topological polar surface area (TPSA) is 116 Å². The summed E-state index contributed by atoms with van der Waals surface area (Å²) in [4.78, 5) is 16.7. The number of nitrogens with one attached hydrogen (secondary N) is 1. The van der Waals surface area contributed by atoms with Crippen LogP contribution in [0.4, 0.5) is 14.5 Å². The molecule has 14 heteroatoms. The van der Waals surface area contributed by atoms with Gasteiger partial charge in [-0.1, -0.05) is 35.9 Å². The van der Waals surface area contributed by atoms with Crippen molar-refractivity contribution >= 4 is 44.1 Å². The van der Waals surface area contributed by atoms with Gasteiger partial charge in [-0.2, -0.15) is 18.2 Å². The molecule has 2 heterocycles. The Labute approximate surface area is 263 Å². The fraction of sp³-hybridized carbons (Fsp3) is 0.194. The fourth-order valence-corrected chi connectivity index (χ4v) is 6.45. The SMILES string of the molecule is COc1ccc(CN(Cc2ccc(OC)cc2)S(=O)(=O)c2cc(NC(=O)Cc3ncccc3Cl)cc3nn(C(F)F)cc23)cc1. The molecule has 0 bridgehead atoms. The molecule has 10 nitrogen and oxygen atoms in total. The van der Waals surface area contributed by atoms with Crippen LogP contribution in [0, 0.1) is 0 Å². The maximum Gasteiger partial charge on any atom is 0.333 e. The van der Waals surface area contributed by atoms with E-state index in [0.29, 0.717) is 33.0 Å². The fourth-order valence-electron chi connectivity index (χ4n) is 4.64. The predicted molar refractivity (Wildman–Crippen MR) is 165 cm³/mol. The number of amides is 1. The van der Waals surface area contributed by atoms with Gasteiger partial charge >= 0.3 is 6.55 Å². The third-order valence-electron chi connectivity index (χ3n) is 6.91. The van der Waals surface area contributed by atoms with E-state index in [1.165, 1.54) is 36.9 Å². The van der Waals surface area contributed by atoms with Gasteiger partial charge in [-0.3, -0.25) is 9.78 Å². The molecule has 0 spiro atoms. The Morgan fingerprint density at radius 1 is 0.978 bits per heavy atom. The average Bonchev–Trinajstić information content (AvgIpc) is 3.47. The lowest BCUT2D eigenvalue weighted by atomic mass is 10.2. The summed E-state index contributed by atoms with van der Waals surface area (Å²) in [5.74, 6) is 0.652. The van der Waals surface area contributed by atoms with Gasteiger partial charge in [-0.25, -0.2) is 13.1 Å². The summed E-state index contributed by atoms with van der Waals surface area (Å²) in [6, 6.07) is 19.6. The highest BCUT2D eigenvalue weighted by Crippen LogP contribution is 2.32. The van der Waals surface area contributed by atoms with Crippen molar-refractivity contribution in [1.29, 1.82) is 0 Å². The third kappa shape index (κ3) is 7.39. The number of hydrogen-bond acceptors (Lipinski definition) is 7. The van der Waals surface area contributed by atoms with Crippen molar-refractivity contribution in [2.75, 3.05) is 19.5 Å². The van der Waals surface area contributed by atoms with E-state index in [2.05, 4.69) is 15.4 Å². The average molecular weight is 656 g/mol. The second-order valence-electron chi connectivity index (χ2n) is 9.92. The highest BCUT2D eigenvalue weighted by atomic mass is 35.5. The van der Waals surface area contributed by atoms with Gasteiger partial charge in [0, 0.05) is 36.6 Å². The van der Waals surface area contributed by atoms with Crippen molar-refractivity contribution < 1.29 is 31.5 Å². The van der Waals surface area contributed by atoms with Crippen LogP contribution in [0.2, 0.25) is 5.02 Å². The number of carbonyl (C=O) groups is 1. The Hall–Kier alpha value is -4.59. The molecule has 0 aliphatic heterocycles. The smallest absolute Gasteiger partial charge is 0.333 e. The van der Waals surface area contributed by atoms with Crippen LogP contribution in [0.3, 0.4) is 0 Å². The molecule has 0 fully saturated rings. The van der Waals surface area contributed by atoms with Crippen molar-refractivity contribution in [3.05, 3.63) is 107 Å². The van der Waals surface area contributed by atoms with E-state index in [9.17, 15) is 22.0 Å². The lowest BCUT2D eigenvalue weighted by Crippen LogP contribution is -2.30. The third-order valence-corrected chi connectivity index (χ3v) is 9.08. The van der Waals surface area contributed by atoms with Crippen LogP contribution in [0.25, 0.3) is 10.9 Å². The Bertz CT molecular complexity index is 1870. The number of rotatable bonds is 12. The Balaban J connectivity index is 1.57. The van der Waals surface area contributed by atoms with E-state index in [1.54, 1.807) is 60.7 Å². The summed E-state index contributed by atoms with van der Waals surface area (Å²) in [5, 5.41) is 6.78. The zero-order valence-corrected chi connectivity index (χ0v) is 25.7. The van der Waals surface area contributed by atoms with Crippen molar-refractivity contribution in [2.24, 2.45) is 0 Å². The maximum atomic E-state index is 14.5. The second-order valence-corrected chi connectivity index (χ2v) is 12.2. The van der Waals surface area contributed by atoms with Crippen LogP contribution in [0.5, 0.6) is 11.5 Å². The normalized spacial score (nSPS) is 11.7. The number of fused-ring (bicyclic) bond motifs is 1. The van der Waals surface area contributed by atoms with Crippen LogP contribution >= 0.6 is 11.6 Å². The van der Waals surface area contributed by atoms with Gasteiger partial charge in [0.2, 0.25) is 15.9 Å². The molecule has 0 aliphatic rings. The van der Waals surface area contributed by atoms with Gasteiger partial charge in [-0.15, -0.1) is 0 Å². The van der Waals surface area contributed by atoms with Crippen LogP contribution in [0.15, 0.2) is 90.1 Å². The highest BCUT2D eigenvalue weighted by molar-refractivity contribution is 7.89. The van der Waals surface area contributed by atoms with Gasteiger partial charge < -0.3 is 14.8 Å². The maximum absolute atomic E-state index is 14.5. The second kappa shape index (κ2) is 13.6. The van der Waals surface area contributed by atoms with Gasteiger partial charge in [0.05, 0.1) is 41.8 Å². The van der Waals surface area contributed by atoms with Crippen molar-refractivity contribution in [2.45, 2.75) is 31.0 Å². The quantitative estimate of drug-likeness (QED) is 0.173. The number of pyridine rings is 1. The summed E-state index contributed by atoms with van der Waals surface area (Å²) >= 11 is 6.14. The van der Waals surface area contributed by atoms with E-state index < -0.39 is 22.5 Å². The van der Waals surface area contributed by atoms with E-state index >= 15 is 0 Å². The first kappa shape index (κ1) is 31.8. The number of ether oxygens (including phenoxy) is 2. The molecule has 3 aromatic carbocycles. The van der Waals surface area contributed by atoms with Crippen LogP contribution in [-0.2, 0) is 34.3 Å².